The Labute approximate surface area is 142 Å². The zero-order valence-electron chi connectivity index (χ0n) is 14.2. The van der Waals surface area contributed by atoms with Crippen molar-refractivity contribution >= 4 is 11.8 Å². The molecule has 1 atom stereocenters. The first-order chi connectivity index (χ1) is 11.6. The van der Waals surface area contributed by atoms with E-state index in [4.69, 9.17) is 4.74 Å². The van der Waals surface area contributed by atoms with E-state index in [0.29, 0.717) is 13.0 Å². The van der Waals surface area contributed by atoms with Crippen LogP contribution < -0.4 is 0 Å². The van der Waals surface area contributed by atoms with Gasteiger partial charge in [0.05, 0.1) is 0 Å². The molecule has 2 fully saturated rings. The Bertz CT molecular complexity index is 592. The first kappa shape index (κ1) is 16.9. The van der Waals surface area contributed by atoms with Crippen LogP contribution in [-0.4, -0.2) is 59.9 Å². The van der Waals surface area contributed by atoms with Gasteiger partial charge in [0.15, 0.2) is 0 Å². The van der Waals surface area contributed by atoms with Gasteiger partial charge >= 0.3 is 0 Å². The second kappa shape index (κ2) is 7.30. The van der Waals surface area contributed by atoms with Crippen molar-refractivity contribution < 1.29 is 14.3 Å². The van der Waals surface area contributed by atoms with Gasteiger partial charge in [0.25, 0.3) is 0 Å². The molecule has 2 aliphatic rings. The summed E-state index contributed by atoms with van der Waals surface area (Å²) in [7, 11) is 1.55. The second-order valence-corrected chi connectivity index (χ2v) is 6.96. The standard InChI is InChI=1S/C18H25N3O3/c1-24-12-17(23)20-9-3-6-18(13-20)7-5-16(22)21(14-18)11-15-4-2-8-19-10-15/h2,4,8,10H,3,5-7,9,11-14H2,1H3/t18-/m1/s1. The van der Waals surface area contributed by atoms with E-state index in [9.17, 15) is 9.59 Å². The topological polar surface area (TPSA) is 62.7 Å². The van der Waals surface area contributed by atoms with Crippen LogP contribution in [0.2, 0.25) is 0 Å². The lowest BCUT2D eigenvalue weighted by molar-refractivity contribution is -0.145. The molecule has 130 valence electrons. The SMILES string of the molecule is COCC(=O)N1CCC[C@@]2(CCC(=O)N(Cc3cccnc3)C2)C1. The molecular weight excluding hydrogens is 306 g/mol. The lowest BCUT2D eigenvalue weighted by atomic mass is 9.73. The highest BCUT2D eigenvalue weighted by Crippen LogP contribution is 2.39. The fourth-order valence-electron chi connectivity index (χ4n) is 3.93. The summed E-state index contributed by atoms with van der Waals surface area (Å²) < 4.78 is 4.99. The molecule has 1 spiro atoms. The summed E-state index contributed by atoms with van der Waals surface area (Å²) in [6.45, 7) is 2.97. The Morgan fingerprint density at radius 3 is 3.00 bits per heavy atom. The number of amides is 2. The minimum Gasteiger partial charge on any atom is -0.375 e. The monoisotopic (exact) mass is 331 g/mol. The highest BCUT2D eigenvalue weighted by atomic mass is 16.5. The largest absolute Gasteiger partial charge is 0.375 e. The van der Waals surface area contributed by atoms with Gasteiger partial charge < -0.3 is 14.5 Å². The van der Waals surface area contributed by atoms with Crippen LogP contribution in [-0.2, 0) is 20.9 Å². The lowest BCUT2D eigenvalue weighted by Crippen LogP contribution is -2.55. The number of nitrogens with zero attached hydrogens (tertiary/aromatic N) is 3. The molecule has 0 saturated carbocycles. The van der Waals surface area contributed by atoms with Crippen molar-refractivity contribution in [3.63, 3.8) is 0 Å². The van der Waals surface area contributed by atoms with E-state index in [1.54, 1.807) is 13.3 Å². The third-order valence-electron chi connectivity index (χ3n) is 5.13. The quantitative estimate of drug-likeness (QED) is 0.838. The molecule has 1 aromatic heterocycles. The molecule has 0 radical (unpaired) electrons. The van der Waals surface area contributed by atoms with Crippen LogP contribution >= 0.6 is 0 Å². The van der Waals surface area contributed by atoms with Gasteiger partial charge in [-0.05, 0) is 30.9 Å². The smallest absolute Gasteiger partial charge is 0.248 e. The third-order valence-corrected chi connectivity index (χ3v) is 5.13. The van der Waals surface area contributed by atoms with Gasteiger partial charge in [0.2, 0.25) is 11.8 Å². The number of pyridine rings is 1. The number of methoxy groups -OCH3 is 1. The number of ether oxygens (including phenoxy) is 1. The molecular formula is C18H25N3O3. The Morgan fingerprint density at radius 1 is 1.38 bits per heavy atom. The first-order valence-electron chi connectivity index (χ1n) is 8.55. The Balaban J connectivity index is 1.69. The fourth-order valence-corrected chi connectivity index (χ4v) is 3.93. The number of carbonyl (C=O) groups is 2. The van der Waals surface area contributed by atoms with E-state index in [2.05, 4.69) is 4.98 Å². The van der Waals surface area contributed by atoms with Gasteiger partial charge in [0, 0.05) is 57.5 Å². The average molecular weight is 331 g/mol. The highest BCUT2D eigenvalue weighted by Gasteiger charge is 2.42. The van der Waals surface area contributed by atoms with Crippen molar-refractivity contribution in [3.8, 4) is 0 Å². The molecule has 0 N–H and O–H groups in total. The highest BCUT2D eigenvalue weighted by molar-refractivity contribution is 5.78. The number of rotatable bonds is 4. The maximum absolute atomic E-state index is 12.3. The number of piperidine rings is 2. The van der Waals surface area contributed by atoms with Crippen LogP contribution in [0, 0.1) is 5.41 Å². The summed E-state index contributed by atoms with van der Waals surface area (Å²) in [5.41, 5.74) is 1.07. The van der Waals surface area contributed by atoms with Crippen LogP contribution in [0.3, 0.4) is 0 Å². The molecule has 3 rings (SSSR count). The maximum atomic E-state index is 12.3. The average Bonchev–Trinajstić information content (AvgIpc) is 2.60. The number of aromatic nitrogens is 1. The predicted octanol–water partition coefficient (Wildman–Crippen LogP) is 1.46. The van der Waals surface area contributed by atoms with Gasteiger partial charge in [-0.25, -0.2) is 0 Å². The zero-order valence-corrected chi connectivity index (χ0v) is 14.2. The van der Waals surface area contributed by atoms with Crippen LogP contribution in [0.25, 0.3) is 0 Å². The molecule has 0 bridgehead atoms. The molecule has 2 amide bonds. The van der Waals surface area contributed by atoms with Crippen LogP contribution in [0.15, 0.2) is 24.5 Å². The van der Waals surface area contributed by atoms with Crippen molar-refractivity contribution in [2.75, 3.05) is 33.4 Å². The number of likely N-dealkylation sites (tertiary alicyclic amines) is 2. The third kappa shape index (κ3) is 3.75. The van der Waals surface area contributed by atoms with Crippen molar-refractivity contribution in [3.05, 3.63) is 30.1 Å². The molecule has 6 heteroatoms. The molecule has 2 saturated heterocycles. The summed E-state index contributed by atoms with van der Waals surface area (Å²) in [4.78, 5) is 32.5. The van der Waals surface area contributed by atoms with Gasteiger partial charge in [-0.2, -0.15) is 0 Å². The van der Waals surface area contributed by atoms with Gasteiger partial charge in [-0.3, -0.25) is 14.6 Å². The van der Waals surface area contributed by atoms with Crippen molar-refractivity contribution in [2.24, 2.45) is 5.41 Å². The maximum Gasteiger partial charge on any atom is 0.248 e. The number of hydrogen-bond donors (Lipinski definition) is 0. The Morgan fingerprint density at radius 2 is 2.25 bits per heavy atom. The van der Waals surface area contributed by atoms with E-state index in [-0.39, 0.29) is 23.8 Å². The Hall–Kier alpha value is -1.95. The van der Waals surface area contributed by atoms with Crippen LogP contribution in [0.4, 0.5) is 0 Å². The molecule has 2 aliphatic heterocycles. The van der Waals surface area contributed by atoms with Gasteiger partial charge in [0.1, 0.15) is 6.61 Å². The van der Waals surface area contributed by atoms with Crippen molar-refractivity contribution in [1.82, 2.24) is 14.8 Å². The minimum atomic E-state index is 0.0256. The van der Waals surface area contributed by atoms with Crippen molar-refractivity contribution in [2.45, 2.75) is 32.2 Å². The minimum absolute atomic E-state index is 0.0256. The first-order valence-corrected chi connectivity index (χ1v) is 8.55. The molecule has 0 aliphatic carbocycles. The number of carbonyl (C=O) groups excluding carboxylic acids is 2. The second-order valence-electron chi connectivity index (χ2n) is 6.96. The van der Waals surface area contributed by atoms with E-state index >= 15 is 0 Å². The van der Waals surface area contributed by atoms with Crippen LogP contribution in [0.1, 0.15) is 31.2 Å². The Kier molecular flexibility index (Phi) is 5.14. The van der Waals surface area contributed by atoms with E-state index in [0.717, 1.165) is 44.5 Å². The van der Waals surface area contributed by atoms with Crippen LogP contribution in [0.5, 0.6) is 0 Å². The van der Waals surface area contributed by atoms with E-state index in [1.807, 2.05) is 28.1 Å². The summed E-state index contributed by atoms with van der Waals surface area (Å²) in [5.74, 6) is 0.247. The fraction of sp³-hybridized carbons (Fsp3) is 0.611. The number of hydrogen-bond acceptors (Lipinski definition) is 4. The summed E-state index contributed by atoms with van der Waals surface area (Å²) in [6.07, 6.45) is 7.04. The van der Waals surface area contributed by atoms with Crippen molar-refractivity contribution in [1.29, 1.82) is 0 Å². The zero-order chi connectivity index (χ0) is 17.0. The van der Waals surface area contributed by atoms with E-state index < -0.39 is 0 Å². The molecule has 1 aromatic rings. The molecule has 6 nitrogen and oxygen atoms in total. The lowest BCUT2D eigenvalue weighted by Gasteiger charge is -2.48. The molecule has 0 unspecified atom stereocenters. The summed E-state index contributed by atoms with van der Waals surface area (Å²) in [5, 5.41) is 0. The predicted molar refractivity (Wildman–Crippen MR) is 89.0 cm³/mol. The van der Waals surface area contributed by atoms with Gasteiger partial charge in [-0.15, -0.1) is 0 Å². The molecule has 24 heavy (non-hydrogen) atoms. The van der Waals surface area contributed by atoms with E-state index in [1.165, 1.54) is 0 Å². The molecule has 3 heterocycles. The summed E-state index contributed by atoms with van der Waals surface area (Å²) >= 11 is 0. The van der Waals surface area contributed by atoms with Gasteiger partial charge in [-0.1, -0.05) is 6.07 Å². The summed E-state index contributed by atoms with van der Waals surface area (Å²) in [6, 6.07) is 3.89. The molecule has 0 aromatic carbocycles. The normalized spacial score (nSPS) is 24.5.